The highest BCUT2D eigenvalue weighted by molar-refractivity contribution is 7.92. The van der Waals surface area contributed by atoms with Crippen molar-refractivity contribution in [3.05, 3.63) is 0 Å². The minimum Gasteiger partial charge on any atom is -0.321 e. The molecular formula is C9H14N2O3S. The molecule has 0 saturated carbocycles. The van der Waals surface area contributed by atoms with Gasteiger partial charge in [0.05, 0.1) is 18.4 Å². The van der Waals surface area contributed by atoms with Crippen molar-refractivity contribution >= 4 is 15.7 Å². The third-order valence-corrected chi connectivity index (χ3v) is 3.83. The third-order valence-electron chi connectivity index (χ3n) is 2.23. The Bertz CT molecular complexity index is 383. The number of carbonyl (C=O) groups excluding carboxylic acids is 1. The van der Waals surface area contributed by atoms with Crippen molar-refractivity contribution in [3.63, 3.8) is 0 Å². The molecule has 1 atom stereocenters. The van der Waals surface area contributed by atoms with Gasteiger partial charge in [-0.25, -0.2) is 8.42 Å². The average molecular weight is 230 g/mol. The molecule has 0 N–H and O–H groups in total. The summed E-state index contributed by atoms with van der Waals surface area (Å²) in [4.78, 5) is 12.6. The van der Waals surface area contributed by atoms with Gasteiger partial charge in [0.2, 0.25) is 5.91 Å². The number of hydrogen-bond donors (Lipinski definition) is 0. The van der Waals surface area contributed by atoms with Gasteiger partial charge in [0.25, 0.3) is 0 Å². The number of unbranched alkanes of at least 4 members (excludes halogenated alkanes) is 1. The molecular weight excluding hydrogens is 216 g/mol. The van der Waals surface area contributed by atoms with E-state index in [9.17, 15) is 13.2 Å². The van der Waals surface area contributed by atoms with E-state index in [1.54, 1.807) is 0 Å². The average Bonchev–Trinajstić information content (AvgIpc) is 2.93. The molecule has 1 amide bonds. The fraction of sp³-hybridized carbons (Fsp3) is 0.778. The second-order valence-electron chi connectivity index (χ2n) is 3.64. The van der Waals surface area contributed by atoms with Crippen molar-refractivity contribution in [2.24, 2.45) is 0 Å². The van der Waals surface area contributed by atoms with Crippen LogP contribution in [0, 0.1) is 11.3 Å². The maximum absolute atomic E-state index is 11.4. The summed E-state index contributed by atoms with van der Waals surface area (Å²) < 4.78 is 22.8. The molecule has 0 aromatic heterocycles. The predicted octanol–water partition coefficient (Wildman–Crippen LogP) is -0.0643. The lowest BCUT2D eigenvalue weighted by atomic mass is 10.4. The van der Waals surface area contributed by atoms with Gasteiger partial charge >= 0.3 is 0 Å². The van der Waals surface area contributed by atoms with Gasteiger partial charge in [0, 0.05) is 0 Å². The molecule has 1 saturated heterocycles. The second kappa shape index (κ2) is 4.62. The fourth-order valence-corrected chi connectivity index (χ4v) is 2.65. The van der Waals surface area contributed by atoms with Gasteiger partial charge in [0.15, 0.2) is 9.84 Å². The van der Waals surface area contributed by atoms with Crippen molar-refractivity contribution in [3.8, 4) is 6.07 Å². The van der Waals surface area contributed by atoms with E-state index in [0.29, 0.717) is 13.0 Å². The fourth-order valence-electron chi connectivity index (χ4n) is 1.23. The number of rotatable bonds is 5. The van der Waals surface area contributed by atoms with Gasteiger partial charge in [-0.1, -0.05) is 13.3 Å². The molecule has 5 nitrogen and oxygen atoms in total. The monoisotopic (exact) mass is 230 g/mol. The zero-order valence-electron chi connectivity index (χ0n) is 8.64. The lowest BCUT2D eigenvalue weighted by Crippen LogP contribution is -2.25. The summed E-state index contributed by atoms with van der Waals surface area (Å²) in [6, 6.07) is 1.51. The third kappa shape index (κ3) is 3.51. The summed E-state index contributed by atoms with van der Waals surface area (Å²) in [6.07, 6.45) is 1.37. The van der Waals surface area contributed by atoms with Crippen LogP contribution >= 0.6 is 0 Å². The van der Waals surface area contributed by atoms with Crippen molar-refractivity contribution < 1.29 is 13.2 Å². The van der Waals surface area contributed by atoms with Crippen LogP contribution in [0.4, 0.5) is 0 Å². The zero-order chi connectivity index (χ0) is 11.5. The highest BCUT2D eigenvalue weighted by Gasteiger charge is 2.39. The van der Waals surface area contributed by atoms with Gasteiger partial charge in [0.1, 0.15) is 11.8 Å². The predicted molar refractivity (Wildman–Crippen MR) is 54.7 cm³/mol. The first-order valence-electron chi connectivity index (χ1n) is 4.89. The highest BCUT2D eigenvalue weighted by atomic mass is 32.2. The lowest BCUT2D eigenvalue weighted by Gasteiger charge is -2.03. The van der Waals surface area contributed by atoms with Crippen LogP contribution < -0.4 is 0 Å². The van der Waals surface area contributed by atoms with E-state index in [-0.39, 0.29) is 5.75 Å². The van der Waals surface area contributed by atoms with Gasteiger partial charge in [-0.2, -0.15) is 5.26 Å². The molecule has 15 heavy (non-hydrogen) atoms. The molecule has 0 aromatic carbocycles. The molecule has 0 spiro atoms. The molecule has 1 rings (SSSR count). The molecule has 0 aliphatic carbocycles. The minimum absolute atomic E-state index is 0.0559. The summed E-state index contributed by atoms with van der Waals surface area (Å²) in [5, 5.41) is 8.47. The van der Waals surface area contributed by atoms with Crippen LogP contribution in [0.25, 0.3) is 0 Å². The first-order valence-corrected chi connectivity index (χ1v) is 6.72. The van der Waals surface area contributed by atoms with E-state index in [2.05, 4.69) is 0 Å². The summed E-state index contributed by atoms with van der Waals surface area (Å²) >= 11 is 0. The molecule has 6 heteroatoms. The van der Waals surface area contributed by atoms with Crippen LogP contribution in [0.1, 0.15) is 19.8 Å². The first kappa shape index (κ1) is 12.0. The molecule has 0 bridgehead atoms. The Kier molecular flexibility index (Phi) is 3.69. The van der Waals surface area contributed by atoms with Gasteiger partial charge in [-0.3, -0.25) is 4.79 Å². The smallest absolute Gasteiger partial charge is 0.239 e. The van der Waals surface area contributed by atoms with Gasteiger partial charge < -0.3 is 4.90 Å². The number of carbonyl (C=O) groups is 1. The van der Waals surface area contributed by atoms with Crippen molar-refractivity contribution in [1.82, 2.24) is 4.90 Å². The Morgan fingerprint density at radius 1 is 1.60 bits per heavy atom. The maximum atomic E-state index is 11.4. The summed E-state index contributed by atoms with van der Waals surface area (Å²) in [7, 11) is -3.28. The van der Waals surface area contributed by atoms with E-state index in [4.69, 9.17) is 5.26 Å². The maximum Gasteiger partial charge on any atom is 0.239 e. The number of sulfone groups is 1. The summed E-state index contributed by atoms with van der Waals surface area (Å²) in [6.45, 7) is 2.27. The number of hydrogen-bond acceptors (Lipinski definition) is 4. The van der Waals surface area contributed by atoms with Gasteiger partial charge in [-0.15, -0.1) is 0 Å². The second-order valence-corrected chi connectivity index (χ2v) is 5.82. The zero-order valence-corrected chi connectivity index (χ0v) is 9.46. The van der Waals surface area contributed by atoms with Crippen LogP contribution in [0.3, 0.4) is 0 Å². The number of amides is 1. The number of nitriles is 1. The summed E-state index contributed by atoms with van der Waals surface area (Å²) in [5.41, 5.74) is 0. The largest absolute Gasteiger partial charge is 0.321 e. The first-order chi connectivity index (χ1) is 7.00. The van der Waals surface area contributed by atoms with Crippen LogP contribution in [-0.4, -0.2) is 43.3 Å². The topological polar surface area (TPSA) is 78.0 Å². The molecule has 84 valence electrons. The Morgan fingerprint density at radius 3 is 2.73 bits per heavy atom. The van der Waals surface area contributed by atoms with Crippen molar-refractivity contribution in [2.75, 3.05) is 18.1 Å². The molecule has 1 aliphatic rings. The van der Waals surface area contributed by atoms with Crippen molar-refractivity contribution in [1.29, 1.82) is 5.26 Å². The number of nitrogens with zero attached hydrogens (tertiary/aromatic N) is 2. The van der Waals surface area contributed by atoms with E-state index in [1.165, 1.54) is 4.90 Å². The van der Waals surface area contributed by atoms with E-state index >= 15 is 0 Å². The Hall–Kier alpha value is -1.09. The molecule has 1 heterocycles. The van der Waals surface area contributed by atoms with Crippen LogP contribution in [-0.2, 0) is 14.6 Å². The highest BCUT2D eigenvalue weighted by Crippen LogP contribution is 2.16. The van der Waals surface area contributed by atoms with E-state index in [0.717, 1.165) is 6.42 Å². The quantitative estimate of drug-likeness (QED) is 0.620. The van der Waals surface area contributed by atoms with Crippen LogP contribution in [0.15, 0.2) is 0 Å². The normalized spacial score (nSPS) is 19.7. The van der Waals surface area contributed by atoms with Crippen LogP contribution in [0.2, 0.25) is 0 Å². The van der Waals surface area contributed by atoms with E-state index < -0.39 is 27.5 Å². The molecule has 0 radical (unpaired) electrons. The Morgan fingerprint density at radius 2 is 2.27 bits per heavy atom. The molecule has 0 aromatic rings. The summed E-state index contributed by atoms with van der Waals surface area (Å²) in [5.74, 6) is -0.844. The Labute approximate surface area is 89.6 Å². The molecule has 1 unspecified atom stereocenters. The molecule has 1 fully saturated rings. The standard InChI is InChI=1S/C9H14N2O3S/c1-2-3-4-15(13,14)7-9(12)11-6-8(11)5-10/h8H,2-4,6-7H2,1H3. The van der Waals surface area contributed by atoms with Crippen LogP contribution in [0.5, 0.6) is 0 Å². The SMILES string of the molecule is CCCCS(=O)(=O)CC(=O)N1CC1C#N. The lowest BCUT2D eigenvalue weighted by molar-refractivity contribution is -0.123. The minimum atomic E-state index is -3.28. The Balaban J connectivity index is 2.42. The van der Waals surface area contributed by atoms with Gasteiger partial charge in [-0.05, 0) is 6.42 Å². The van der Waals surface area contributed by atoms with E-state index in [1.807, 2.05) is 13.0 Å². The van der Waals surface area contributed by atoms with Crippen molar-refractivity contribution in [2.45, 2.75) is 25.8 Å². The molecule has 1 aliphatic heterocycles.